The monoisotopic (exact) mass is 505 g/mol. The van der Waals surface area contributed by atoms with E-state index in [1.807, 2.05) is 48.5 Å². The number of alkyl halides is 3. The van der Waals surface area contributed by atoms with Crippen LogP contribution in [0.15, 0.2) is 97.1 Å². The molecule has 1 saturated heterocycles. The fraction of sp³-hybridized carbons (Fsp3) is 0.143. The Morgan fingerprint density at radius 2 is 1.51 bits per heavy atom. The molecule has 9 heteroatoms. The molecule has 2 atom stereocenters. The molecule has 0 bridgehead atoms. The van der Waals surface area contributed by atoms with E-state index in [4.69, 9.17) is 10.6 Å². The average molecular weight is 505 g/mol. The number of halogens is 3. The van der Waals surface area contributed by atoms with Gasteiger partial charge in [-0.1, -0.05) is 96.1 Å². The zero-order valence-corrected chi connectivity index (χ0v) is 19.6. The van der Waals surface area contributed by atoms with Crippen molar-refractivity contribution in [3.8, 4) is 11.1 Å². The molecule has 1 heterocycles. The summed E-state index contributed by atoms with van der Waals surface area (Å²) in [7, 11) is 1.35. The van der Waals surface area contributed by atoms with Crippen molar-refractivity contribution in [2.75, 3.05) is 7.05 Å². The van der Waals surface area contributed by atoms with Gasteiger partial charge in [-0.05, 0) is 39.1 Å². The summed E-state index contributed by atoms with van der Waals surface area (Å²) >= 11 is 0. The summed E-state index contributed by atoms with van der Waals surface area (Å²) < 4.78 is 39.8. The highest BCUT2D eigenvalue weighted by molar-refractivity contribution is 5.98. The second kappa shape index (κ2) is 9.02. The number of hydrogen-bond acceptors (Lipinski definition) is 5. The number of amides is 1. The van der Waals surface area contributed by atoms with Gasteiger partial charge in [-0.2, -0.15) is 13.2 Å². The van der Waals surface area contributed by atoms with Crippen LogP contribution in [0.4, 0.5) is 13.2 Å². The van der Waals surface area contributed by atoms with Gasteiger partial charge in [0.05, 0.1) is 0 Å². The van der Waals surface area contributed by atoms with E-state index in [1.165, 1.54) is 7.05 Å². The number of carbonyl (C=O) groups is 2. The molecule has 4 aromatic rings. The van der Waals surface area contributed by atoms with Crippen LogP contribution >= 0.6 is 0 Å². The zero-order valence-electron chi connectivity index (χ0n) is 19.6. The number of nitrogens with zero attached hydrogens (tertiary/aromatic N) is 2. The van der Waals surface area contributed by atoms with Gasteiger partial charge in [0.15, 0.2) is 11.8 Å². The number of hydroxylamine groups is 2. The Morgan fingerprint density at radius 3 is 2.24 bits per heavy atom. The first-order chi connectivity index (χ1) is 17.7. The fourth-order valence-corrected chi connectivity index (χ4v) is 4.83. The first-order valence-electron chi connectivity index (χ1n) is 11.4. The molecule has 37 heavy (non-hydrogen) atoms. The Hall–Kier alpha value is -4.21. The zero-order chi connectivity index (χ0) is 26.4. The highest BCUT2D eigenvalue weighted by Crippen LogP contribution is 2.45. The van der Waals surface area contributed by atoms with Gasteiger partial charge in [-0.15, -0.1) is 0 Å². The molecule has 1 aliphatic heterocycles. The van der Waals surface area contributed by atoms with E-state index in [0.717, 1.165) is 26.8 Å². The van der Waals surface area contributed by atoms with E-state index >= 15 is 0 Å². The average Bonchev–Trinajstić information content (AvgIpc) is 3.09. The predicted octanol–water partition coefficient (Wildman–Crippen LogP) is 4.79. The lowest BCUT2D eigenvalue weighted by Crippen LogP contribution is -2.53. The highest BCUT2D eigenvalue weighted by atomic mass is 19.4. The summed E-state index contributed by atoms with van der Waals surface area (Å²) in [6.07, 6.45) is -6.77. The molecule has 2 unspecified atom stereocenters. The van der Waals surface area contributed by atoms with E-state index < -0.39 is 29.9 Å². The van der Waals surface area contributed by atoms with Crippen LogP contribution in [0.25, 0.3) is 21.9 Å². The second-order valence-electron chi connectivity index (χ2n) is 8.72. The van der Waals surface area contributed by atoms with Crippen molar-refractivity contribution in [1.29, 1.82) is 0 Å². The van der Waals surface area contributed by atoms with Crippen molar-refractivity contribution in [2.45, 2.75) is 18.0 Å². The third-order valence-corrected chi connectivity index (χ3v) is 6.58. The SMILES string of the molecule is CN1C(=O)C(c2ccccc2)(c2cccc(-c3cccc4ccccc34)c2)N(OC(=O)C(F)(F)F)C1N. The number of rotatable bonds is 4. The largest absolute Gasteiger partial charge is 0.492 e. The van der Waals surface area contributed by atoms with E-state index in [9.17, 15) is 22.8 Å². The first-order valence-corrected chi connectivity index (χ1v) is 11.4. The molecule has 188 valence electrons. The summed E-state index contributed by atoms with van der Waals surface area (Å²) in [5, 5.41) is 2.60. The molecule has 0 spiro atoms. The third-order valence-electron chi connectivity index (χ3n) is 6.58. The Bertz CT molecular complexity index is 1490. The van der Waals surface area contributed by atoms with Gasteiger partial charge in [0, 0.05) is 7.05 Å². The molecule has 0 aliphatic carbocycles. The minimum absolute atomic E-state index is 0.295. The minimum Gasteiger partial charge on any atom is -0.356 e. The summed E-state index contributed by atoms with van der Waals surface area (Å²) in [5.74, 6) is -3.12. The lowest BCUT2D eigenvalue weighted by Gasteiger charge is -2.36. The van der Waals surface area contributed by atoms with Crippen LogP contribution in [0.2, 0.25) is 0 Å². The molecular formula is C28H22F3N3O3. The van der Waals surface area contributed by atoms with Crippen LogP contribution in [-0.2, 0) is 20.0 Å². The van der Waals surface area contributed by atoms with Crippen LogP contribution in [0.3, 0.4) is 0 Å². The molecule has 1 fully saturated rings. The predicted molar refractivity (Wildman–Crippen MR) is 131 cm³/mol. The van der Waals surface area contributed by atoms with E-state index in [-0.39, 0.29) is 0 Å². The first kappa shape index (κ1) is 24.5. The summed E-state index contributed by atoms with van der Waals surface area (Å²) in [4.78, 5) is 31.8. The van der Waals surface area contributed by atoms with Crippen molar-refractivity contribution in [1.82, 2.24) is 9.96 Å². The Morgan fingerprint density at radius 1 is 0.892 bits per heavy atom. The Kier molecular flexibility index (Phi) is 5.97. The standard InChI is InChI=1S/C28H22F3N3O3/c1-33-24(35)27(20-12-3-2-4-13-20,34(26(33)32)37-25(36)28(29,30)31)21-14-7-11-19(17-21)23-16-8-10-18-9-5-6-15-22(18)23/h2-17,26H,32H2,1H3. The van der Waals surface area contributed by atoms with E-state index in [2.05, 4.69) is 0 Å². The maximum Gasteiger partial charge on any atom is 0.492 e. The number of hydrogen-bond donors (Lipinski definition) is 1. The van der Waals surface area contributed by atoms with Crippen LogP contribution in [0.1, 0.15) is 11.1 Å². The molecule has 2 N–H and O–H groups in total. The molecule has 1 aliphatic rings. The van der Waals surface area contributed by atoms with Crippen molar-refractivity contribution < 1.29 is 27.6 Å². The van der Waals surface area contributed by atoms with Crippen molar-refractivity contribution in [3.05, 3.63) is 108 Å². The number of likely N-dealkylation sites (N-methyl/N-ethyl adjacent to an activating group) is 1. The Balaban J connectivity index is 1.76. The molecular weight excluding hydrogens is 483 g/mol. The van der Waals surface area contributed by atoms with Crippen LogP contribution in [0, 0.1) is 0 Å². The van der Waals surface area contributed by atoms with Gasteiger partial charge >= 0.3 is 12.1 Å². The van der Waals surface area contributed by atoms with Gasteiger partial charge in [-0.25, -0.2) is 4.79 Å². The van der Waals surface area contributed by atoms with Gasteiger partial charge in [-0.3, -0.25) is 10.5 Å². The van der Waals surface area contributed by atoms with Gasteiger partial charge < -0.3 is 9.74 Å². The molecule has 4 aromatic carbocycles. The number of benzene rings is 4. The van der Waals surface area contributed by atoms with Crippen molar-refractivity contribution >= 4 is 22.6 Å². The summed E-state index contributed by atoms with van der Waals surface area (Å²) in [6, 6.07) is 28.6. The maximum atomic E-state index is 13.9. The minimum atomic E-state index is -5.29. The lowest BCUT2D eigenvalue weighted by molar-refractivity contribution is -0.260. The van der Waals surface area contributed by atoms with Crippen molar-refractivity contribution in [2.24, 2.45) is 5.73 Å². The van der Waals surface area contributed by atoms with Crippen LogP contribution in [-0.4, -0.2) is 41.4 Å². The molecule has 5 rings (SSSR count). The molecule has 1 amide bonds. The van der Waals surface area contributed by atoms with Gasteiger partial charge in [0.2, 0.25) is 0 Å². The molecule has 0 radical (unpaired) electrons. The quantitative estimate of drug-likeness (QED) is 0.432. The maximum absolute atomic E-state index is 13.9. The topological polar surface area (TPSA) is 75.9 Å². The lowest BCUT2D eigenvalue weighted by atomic mass is 9.81. The smallest absolute Gasteiger partial charge is 0.356 e. The van der Waals surface area contributed by atoms with E-state index in [0.29, 0.717) is 16.2 Å². The molecule has 6 nitrogen and oxygen atoms in total. The summed E-state index contributed by atoms with van der Waals surface area (Å²) in [5.41, 5.74) is 6.39. The van der Waals surface area contributed by atoms with Gasteiger partial charge in [0.1, 0.15) is 0 Å². The van der Waals surface area contributed by atoms with Gasteiger partial charge in [0.25, 0.3) is 5.91 Å². The fourth-order valence-electron chi connectivity index (χ4n) is 4.83. The number of carbonyl (C=O) groups excluding carboxylic acids is 2. The summed E-state index contributed by atoms with van der Waals surface area (Å²) in [6.45, 7) is 0. The molecule has 0 saturated carbocycles. The van der Waals surface area contributed by atoms with Crippen LogP contribution < -0.4 is 5.73 Å². The highest BCUT2D eigenvalue weighted by Gasteiger charge is 2.61. The van der Waals surface area contributed by atoms with Crippen LogP contribution in [0.5, 0.6) is 0 Å². The van der Waals surface area contributed by atoms with E-state index in [1.54, 1.807) is 48.5 Å². The normalized spacial score (nSPS) is 20.4. The third kappa shape index (κ3) is 3.92. The number of fused-ring (bicyclic) bond motifs is 1. The van der Waals surface area contributed by atoms with Crippen molar-refractivity contribution in [3.63, 3.8) is 0 Å². The second-order valence-corrected chi connectivity index (χ2v) is 8.72. The molecule has 0 aromatic heterocycles. The Labute approximate surface area is 210 Å². The number of nitrogens with two attached hydrogens (primary N) is 1.